The number of carbonyl (C=O) groups is 1. The topological polar surface area (TPSA) is 38.3 Å². The Kier molecular flexibility index (Phi) is 7.69. The van der Waals surface area contributed by atoms with Gasteiger partial charge in [-0.1, -0.05) is 13.3 Å². The Hall–Kier alpha value is -0.220. The molecule has 2 atom stereocenters. The molecule has 0 amide bonds. The maximum atomic E-state index is 11.0. The summed E-state index contributed by atoms with van der Waals surface area (Å²) in [4.78, 5) is 11.0. The summed E-state index contributed by atoms with van der Waals surface area (Å²) in [5, 5.41) is 3.64. The molecule has 1 saturated carbocycles. The van der Waals surface area contributed by atoms with Gasteiger partial charge in [-0.15, -0.1) is 0 Å². The van der Waals surface area contributed by atoms with Crippen molar-refractivity contribution in [2.75, 3.05) is 25.2 Å². The van der Waals surface area contributed by atoms with Crippen molar-refractivity contribution in [2.24, 2.45) is 5.92 Å². The highest BCUT2D eigenvalue weighted by Crippen LogP contribution is 2.29. The number of rotatable bonds is 8. The van der Waals surface area contributed by atoms with Crippen molar-refractivity contribution in [3.63, 3.8) is 0 Å². The molecule has 3 nitrogen and oxygen atoms in total. The van der Waals surface area contributed by atoms with Crippen LogP contribution in [0, 0.1) is 5.92 Å². The van der Waals surface area contributed by atoms with E-state index in [4.69, 9.17) is 0 Å². The van der Waals surface area contributed by atoms with Crippen LogP contribution in [0.2, 0.25) is 0 Å². The zero-order chi connectivity index (χ0) is 12.5. The van der Waals surface area contributed by atoms with Crippen LogP contribution in [0.15, 0.2) is 0 Å². The summed E-state index contributed by atoms with van der Waals surface area (Å²) in [6.45, 7) is 3.35. The maximum Gasteiger partial charge on any atom is 0.315 e. The predicted molar refractivity (Wildman–Crippen MR) is 73.4 cm³/mol. The fourth-order valence-electron chi connectivity index (χ4n) is 2.43. The molecule has 1 rings (SSSR count). The standard InChI is InChI=1S/C13H25NO2S/c1-3-8-14-12-6-4-5-11(12)7-9-17-10-13(15)16-2/h11-12,14H,3-10H2,1-2H3. The lowest BCUT2D eigenvalue weighted by molar-refractivity contribution is -0.137. The molecule has 0 saturated heterocycles. The third-order valence-electron chi connectivity index (χ3n) is 3.40. The molecular weight excluding hydrogens is 234 g/mol. The fraction of sp³-hybridized carbons (Fsp3) is 0.923. The molecular formula is C13H25NO2S. The molecule has 1 fully saturated rings. The number of methoxy groups -OCH3 is 1. The molecule has 17 heavy (non-hydrogen) atoms. The van der Waals surface area contributed by atoms with Crippen LogP contribution in [0.3, 0.4) is 0 Å². The SMILES string of the molecule is CCCNC1CCCC1CCSCC(=O)OC. The van der Waals surface area contributed by atoms with Crippen LogP contribution in [-0.4, -0.2) is 37.2 Å². The average molecular weight is 259 g/mol. The zero-order valence-electron chi connectivity index (χ0n) is 11.0. The Balaban J connectivity index is 2.10. The van der Waals surface area contributed by atoms with Crippen LogP contribution in [0.1, 0.15) is 39.0 Å². The number of esters is 1. The molecule has 0 aliphatic heterocycles. The fourth-order valence-corrected chi connectivity index (χ4v) is 3.33. The first kappa shape index (κ1) is 14.8. The van der Waals surface area contributed by atoms with E-state index in [1.807, 2.05) is 0 Å². The molecule has 4 heteroatoms. The van der Waals surface area contributed by atoms with Crippen LogP contribution in [0.5, 0.6) is 0 Å². The van der Waals surface area contributed by atoms with Gasteiger partial charge in [-0.05, 0) is 43.9 Å². The Morgan fingerprint density at radius 2 is 2.29 bits per heavy atom. The van der Waals surface area contributed by atoms with Gasteiger partial charge in [0.2, 0.25) is 0 Å². The van der Waals surface area contributed by atoms with Gasteiger partial charge in [-0.3, -0.25) is 4.79 Å². The Morgan fingerprint density at radius 1 is 1.47 bits per heavy atom. The molecule has 100 valence electrons. The van der Waals surface area contributed by atoms with Crippen LogP contribution in [0.25, 0.3) is 0 Å². The van der Waals surface area contributed by atoms with Gasteiger partial charge in [-0.2, -0.15) is 11.8 Å². The smallest absolute Gasteiger partial charge is 0.315 e. The van der Waals surface area contributed by atoms with E-state index in [0.717, 1.165) is 18.2 Å². The van der Waals surface area contributed by atoms with E-state index in [0.29, 0.717) is 11.8 Å². The highest BCUT2D eigenvalue weighted by molar-refractivity contribution is 7.99. The summed E-state index contributed by atoms with van der Waals surface area (Å²) in [6, 6.07) is 0.716. The van der Waals surface area contributed by atoms with Gasteiger partial charge < -0.3 is 10.1 Å². The van der Waals surface area contributed by atoms with Gasteiger partial charge in [0.1, 0.15) is 0 Å². The summed E-state index contributed by atoms with van der Waals surface area (Å²) >= 11 is 1.70. The van der Waals surface area contributed by atoms with Crippen molar-refractivity contribution in [3.05, 3.63) is 0 Å². The first-order chi connectivity index (χ1) is 8.27. The second-order valence-electron chi connectivity index (χ2n) is 4.67. The van der Waals surface area contributed by atoms with Crippen molar-refractivity contribution in [1.82, 2.24) is 5.32 Å². The zero-order valence-corrected chi connectivity index (χ0v) is 11.9. The summed E-state index contributed by atoms with van der Waals surface area (Å²) in [7, 11) is 1.45. The van der Waals surface area contributed by atoms with Crippen molar-refractivity contribution in [3.8, 4) is 0 Å². The number of thioether (sulfide) groups is 1. The van der Waals surface area contributed by atoms with E-state index in [1.165, 1.54) is 39.2 Å². The lowest BCUT2D eigenvalue weighted by Gasteiger charge is -2.20. The monoisotopic (exact) mass is 259 g/mol. The lowest BCUT2D eigenvalue weighted by Crippen LogP contribution is -2.33. The highest BCUT2D eigenvalue weighted by Gasteiger charge is 2.25. The van der Waals surface area contributed by atoms with Gasteiger partial charge in [0.05, 0.1) is 12.9 Å². The van der Waals surface area contributed by atoms with Crippen LogP contribution >= 0.6 is 11.8 Å². The minimum Gasteiger partial charge on any atom is -0.468 e. The summed E-state index contributed by atoms with van der Waals surface area (Å²) < 4.78 is 4.62. The molecule has 0 aromatic carbocycles. The first-order valence-electron chi connectivity index (χ1n) is 6.65. The largest absolute Gasteiger partial charge is 0.468 e. The summed E-state index contributed by atoms with van der Waals surface area (Å²) in [5.74, 6) is 2.27. The molecule has 1 N–H and O–H groups in total. The summed E-state index contributed by atoms with van der Waals surface area (Å²) in [5.41, 5.74) is 0. The maximum absolute atomic E-state index is 11.0. The number of ether oxygens (including phenoxy) is 1. The minimum absolute atomic E-state index is 0.109. The van der Waals surface area contributed by atoms with Crippen LogP contribution in [0.4, 0.5) is 0 Å². The van der Waals surface area contributed by atoms with Gasteiger partial charge in [0, 0.05) is 6.04 Å². The summed E-state index contributed by atoms with van der Waals surface area (Å²) in [6.07, 6.45) is 6.46. The van der Waals surface area contributed by atoms with Crippen molar-refractivity contribution >= 4 is 17.7 Å². The van der Waals surface area contributed by atoms with Gasteiger partial charge in [0.25, 0.3) is 0 Å². The van der Waals surface area contributed by atoms with E-state index in [9.17, 15) is 4.79 Å². The molecule has 0 aromatic rings. The van der Waals surface area contributed by atoms with E-state index in [2.05, 4.69) is 17.0 Å². The van der Waals surface area contributed by atoms with Crippen molar-refractivity contribution in [2.45, 2.75) is 45.1 Å². The molecule has 0 spiro atoms. The van der Waals surface area contributed by atoms with E-state index in [-0.39, 0.29) is 5.97 Å². The van der Waals surface area contributed by atoms with Crippen LogP contribution < -0.4 is 5.32 Å². The van der Waals surface area contributed by atoms with Gasteiger partial charge >= 0.3 is 5.97 Å². The highest BCUT2D eigenvalue weighted by atomic mass is 32.2. The first-order valence-corrected chi connectivity index (χ1v) is 7.81. The molecule has 0 bridgehead atoms. The molecule has 2 unspecified atom stereocenters. The second kappa shape index (κ2) is 8.81. The van der Waals surface area contributed by atoms with Crippen LogP contribution in [-0.2, 0) is 9.53 Å². The lowest BCUT2D eigenvalue weighted by atomic mass is 10.0. The minimum atomic E-state index is -0.109. The Morgan fingerprint density at radius 3 is 3.00 bits per heavy atom. The van der Waals surface area contributed by atoms with E-state index in [1.54, 1.807) is 11.8 Å². The molecule has 0 radical (unpaired) electrons. The third kappa shape index (κ3) is 5.77. The quantitative estimate of drug-likeness (QED) is 0.537. The second-order valence-corrected chi connectivity index (χ2v) is 5.77. The number of hydrogen-bond acceptors (Lipinski definition) is 4. The molecule has 0 aromatic heterocycles. The van der Waals surface area contributed by atoms with E-state index < -0.39 is 0 Å². The predicted octanol–water partition coefficient (Wildman–Crippen LogP) is 2.45. The molecule has 1 aliphatic rings. The van der Waals surface area contributed by atoms with Gasteiger partial charge in [-0.25, -0.2) is 0 Å². The van der Waals surface area contributed by atoms with Crippen molar-refractivity contribution < 1.29 is 9.53 Å². The average Bonchev–Trinajstić information content (AvgIpc) is 2.79. The van der Waals surface area contributed by atoms with E-state index >= 15 is 0 Å². The third-order valence-corrected chi connectivity index (χ3v) is 4.36. The number of hydrogen-bond donors (Lipinski definition) is 1. The molecule has 0 heterocycles. The van der Waals surface area contributed by atoms with Gasteiger partial charge in [0.15, 0.2) is 0 Å². The number of nitrogens with one attached hydrogen (secondary N) is 1. The number of carbonyl (C=O) groups excluding carboxylic acids is 1. The molecule has 1 aliphatic carbocycles. The normalized spacial score (nSPS) is 23.9. The van der Waals surface area contributed by atoms with Crippen molar-refractivity contribution in [1.29, 1.82) is 0 Å². The Labute approximate surface area is 109 Å². The Bertz CT molecular complexity index is 223.